The number of halogens is 3. The van der Waals surface area contributed by atoms with Gasteiger partial charge in [0.25, 0.3) is 0 Å². The Bertz CT molecular complexity index is 325. The first-order valence-electron chi connectivity index (χ1n) is 5.46. The van der Waals surface area contributed by atoms with Gasteiger partial charge in [0.2, 0.25) is 0 Å². The third-order valence-electron chi connectivity index (χ3n) is 2.73. The Labute approximate surface area is 93.7 Å². The van der Waals surface area contributed by atoms with E-state index in [9.17, 15) is 13.2 Å². The summed E-state index contributed by atoms with van der Waals surface area (Å²) in [5.74, 6) is -3.29. The van der Waals surface area contributed by atoms with Gasteiger partial charge in [-0.25, -0.2) is 13.2 Å². The molecule has 0 unspecified atom stereocenters. The lowest BCUT2D eigenvalue weighted by Crippen LogP contribution is -2.13. The first-order chi connectivity index (χ1) is 7.58. The molecule has 0 aliphatic carbocycles. The Balaban J connectivity index is 2.68. The molecule has 0 bridgehead atoms. The van der Waals surface area contributed by atoms with Crippen molar-refractivity contribution in [2.75, 3.05) is 11.9 Å². The van der Waals surface area contributed by atoms with Crippen molar-refractivity contribution >= 4 is 5.69 Å². The molecule has 0 spiro atoms. The van der Waals surface area contributed by atoms with E-state index < -0.39 is 17.5 Å². The highest BCUT2D eigenvalue weighted by Gasteiger charge is 2.11. The van der Waals surface area contributed by atoms with Gasteiger partial charge in [-0.1, -0.05) is 26.7 Å². The number of hydrogen-bond donors (Lipinski definition) is 1. The van der Waals surface area contributed by atoms with Gasteiger partial charge in [-0.2, -0.15) is 0 Å². The molecule has 0 fully saturated rings. The Morgan fingerprint density at radius 2 is 1.56 bits per heavy atom. The Hall–Kier alpha value is -1.19. The lowest BCUT2D eigenvalue weighted by molar-refractivity contribution is 0.447. The minimum Gasteiger partial charge on any atom is -0.385 e. The molecule has 0 radical (unpaired) electrons. The van der Waals surface area contributed by atoms with Crippen molar-refractivity contribution in [1.29, 1.82) is 0 Å². The number of benzene rings is 1. The second kappa shape index (κ2) is 5.77. The molecule has 1 N–H and O–H groups in total. The van der Waals surface area contributed by atoms with E-state index in [4.69, 9.17) is 0 Å². The Morgan fingerprint density at radius 1 is 1.06 bits per heavy atom. The molecular formula is C12H16F3N. The molecule has 0 saturated heterocycles. The van der Waals surface area contributed by atoms with Crippen LogP contribution in [0.2, 0.25) is 0 Å². The zero-order chi connectivity index (χ0) is 12.1. The normalized spacial score (nSPS) is 10.9. The number of nitrogens with one attached hydrogen (secondary N) is 1. The number of anilines is 1. The molecule has 0 saturated carbocycles. The third kappa shape index (κ3) is 3.15. The van der Waals surface area contributed by atoms with E-state index in [1.165, 1.54) is 0 Å². The summed E-state index contributed by atoms with van der Waals surface area (Å²) < 4.78 is 38.4. The van der Waals surface area contributed by atoms with Gasteiger partial charge in [0.1, 0.15) is 0 Å². The molecule has 0 aliphatic heterocycles. The molecule has 0 aromatic heterocycles. The summed E-state index contributed by atoms with van der Waals surface area (Å²) in [7, 11) is 0. The monoisotopic (exact) mass is 231 g/mol. The van der Waals surface area contributed by atoms with Gasteiger partial charge >= 0.3 is 0 Å². The van der Waals surface area contributed by atoms with Crippen LogP contribution < -0.4 is 5.32 Å². The van der Waals surface area contributed by atoms with Crippen molar-refractivity contribution in [3.05, 3.63) is 29.6 Å². The Morgan fingerprint density at radius 3 is 2.00 bits per heavy atom. The van der Waals surface area contributed by atoms with Crippen molar-refractivity contribution in [3.8, 4) is 0 Å². The van der Waals surface area contributed by atoms with E-state index in [0.717, 1.165) is 25.0 Å². The lowest BCUT2D eigenvalue weighted by Gasteiger charge is -2.14. The minimum absolute atomic E-state index is 0.281. The van der Waals surface area contributed by atoms with Crippen LogP contribution in [0.4, 0.5) is 18.9 Å². The van der Waals surface area contributed by atoms with Gasteiger partial charge in [-0.15, -0.1) is 0 Å². The largest absolute Gasteiger partial charge is 0.385 e. The standard InChI is InChI=1S/C12H16F3N/c1-3-8(4-2)7-16-9-5-10(13)12(15)11(14)6-9/h5-6,8,16H,3-4,7H2,1-2H3. The fourth-order valence-electron chi connectivity index (χ4n) is 1.50. The highest BCUT2D eigenvalue weighted by atomic mass is 19.2. The molecule has 4 heteroatoms. The van der Waals surface area contributed by atoms with Crippen LogP contribution in [0.15, 0.2) is 12.1 Å². The number of rotatable bonds is 5. The molecule has 1 nitrogen and oxygen atoms in total. The molecule has 0 amide bonds. The summed E-state index contributed by atoms with van der Waals surface area (Å²) in [5, 5.41) is 2.91. The maximum absolute atomic E-state index is 12.9. The smallest absolute Gasteiger partial charge is 0.194 e. The van der Waals surface area contributed by atoms with E-state index in [1.807, 2.05) is 0 Å². The second-order valence-corrected chi connectivity index (χ2v) is 3.82. The first kappa shape index (κ1) is 12.9. The molecular weight excluding hydrogens is 215 g/mol. The van der Waals surface area contributed by atoms with Gasteiger partial charge in [-0.3, -0.25) is 0 Å². The van der Waals surface area contributed by atoms with Crippen molar-refractivity contribution in [2.24, 2.45) is 5.92 Å². The maximum atomic E-state index is 12.9. The SMILES string of the molecule is CCC(CC)CNc1cc(F)c(F)c(F)c1. The summed E-state index contributed by atoms with van der Waals surface area (Å²) in [6, 6.07) is 1.95. The summed E-state index contributed by atoms with van der Waals surface area (Å²) in [5.41, 5.74) is 0.281. The molecule has 1 aromatic rings. The summed E-state index contributed by atoms with van der Waals surface area (Å²) in [4.78, 5) is 0. The molecule has 16 heavy (non-hydrogen) atoms. The van der Waals surface area contributed by atoms with Crippen LogP contribution in [-0.4, -0.2) is 6.54 Å². The highest BCUT2D eigenvalue weighted by Crippen LogP contribution is 2.18. The Kier molecular flexibility index (Phi) is 4.65. The second-order valence-electron chi connectivity index (χ2n) is 3.82. The van der Waals surface area contributed by atoms with Crippen LogP contribution in [0.3, 0.4) is 0 Å². The van der Waals surface area contributed by atoms with Gasteiger partial charge in [0.15, 0.2) is 17.5 Å². The van der Waals surface area contributed by atoms with Crippen LogP contribution in [-0.2, 0) is 0 Å². The minimum atomic E-state index is -1.42. The van der Waals surface area contributed by atoms with Gasteiger partial charge in [-0.05, 0) is 5.92 Å². The van der Waals surface area contributed by atoms with Crippen LogP contribution in [0, 0.1) is 23.4 Å². The highest BCUT2D eigenvalue weighted by molar-refractivity contribution is 5.44. The summed E-state index contributed by atoms with van der Waals surface area (Å²) in [6.07, 6.45) is 1.99. The van der Waals surface area contributed by atoms with E-state index in [2.05, 4.69) is 19.2 Å². The van der Waals surface area contributed by atoms with Crippen LogP contribution in [0.5, 0.6) is 0 Å². The van der Waals surface area contributed by atoms with E-state index >= 15 is 0 Å². The zero-order valence-electron chi connectivity index (χ0n) is 9.49. The molecule has 0 heterocycles. The fourth-order valence-corrected chi connectivity index (χ4v) is 1.50. The first-order valence-corrected chi connectivity index (χ1v) is 5.46. The van der Waals surface area contributed by atoms with Crippen LogP contribution >= 0.6 is 0 Å². The maximum Gasteiger partial charge on any atom is 0.194 e. The van der Waals surface area contributed by atoms with E-state index in [-0.39, 0.29) is 5.69 Å². The van der Waals surface area contributed by atoms with Gasteiger partial charge in [0.05, 0.1) is 0 Å². The number of hydrogen-bond acceptors (Lipinski definition) is 1. The van der Waals surface area contributed by atoms with Gasteiger partial charge < -0.3 is 5.32 Å². The van der Waals surface area contributed by atoms with E-state index in [0.29, 0.717) is 12.5 Å². The predicted octanol–water partition coefficient (Wildman–Crippen LogP) is 3.95. The van der Waals surface area contributed by atoms with Crippen molar-refractivity contribution in [1.82, 2.24) is 0 Å². The van der Waals surface area contributed by atoms with Crippen molar-refractivity contribution < 1.29 is 13.2 Å². The fraction of sp³-hybridized carbons (Fsp3) is 0.500. The topological polar surface area (TPSA) is 12.0 Å². The average Bonchev–Trinajstić information content (AvgIpc) is 2.27. The molecule has 1 aromatic carbocycles. The molecule has 1 rings (SSSR count). The summed E-state index contributed by atoms with van der Waals surface area (Å²) >= 11 is 0. The molecule has 90 valence electrons. The quantitative estimate of drug-likeness (QED) is 0.756. The average molecular weight is 231 g/mol. The van der Waals surface area contributed by atoms with Crippen molar-refractivity contribution in [3.63, 3.8) is 0 Å². The van der Waals surface area contributed by atoms with Crippen molar-refractivity contribution in [2.45, 2.75) is 26.7 Å². The molecule has 0 atom stereocenters. The third-order valence-corrected chi connectivity index (χ3v) is 2.73. The predicted molar refractivity (Wildman–Crippen MR) is 58.9 cm³/mol. The zero-order valence-corrected chi connectivity index (χ0v) is 9.49. The van der Waals surface area contributed by atoms with E-state index in [1.54, 1.807) is 0 Å². The van der Waals surface area contributed by atoms with Crippen LogP contribution in [0.25, 0.3) is 0 Å². The van der Waals surface area contributed by atoms with Crippen LogP contribution in [0.1, 0.15) is 26.7 Å². The van der Waals surface area contributed by atoms with Gasteiger partial charge in [0, 0.05) is 24.4 Å². The molecule has 0 aliphatic rings. The lowest BCUT2D eigenvalue weighted by atomic mass is 10.0. The summed E-state index contributed by atoms with van der Waals surface area (Å²) in [6.45, 7) is 4.75.